The Morgan fingerprint density at radius 1 is 1.06 bits per heavy atom. The molecule has 1 unspecified atom stereocenters. The summed E-state index contributed by atoms with van der Waals surface area (Å²) in [6.07, 6.45) is -2.87. The van der Waals surface area contributed by atoms with Gasteiger partial charge >= 0.3 is 18.1 Å². The monoisotopic (exact) mass is 444 g/mol. The van der Waals surface area contributed by atoms with Crippen LogP contribution < -0.4 is 0 Å². The third kappa shape index (κ3) is 9.32. The highest BCUT2D eigenvalue weighted by Crippen LogP contribution is 2.37. The maximum absolute atomic E-state index is 13.7. The van der Waals surface area contributed by atoms with Crippen LogP contribution in [0.1, 0.15) is 89.8 Å². The van der Waals surface area contributed by atoms with Gasteiger partial charge in [0.1, 0.15) is 5.60 Å². The first kappa shape index (κ1) is 27.0. The molecule has 7 heteroatoms. The average Bonchev–Trinajstić information content (AvgIpc) is 2.64. The summed E-state index contributed by atoms with van der Waals surface area (Å²) in [5, 5.41) is 0. The molecule has 1 aromatic carbocycles. The molecule has 0 saturated heterocycles. The van der Waals surface area contributed by atoms with E-state index in [0.29, 0.717) is 24.8 Å². The Morgan fingerprint density at radius 2 is 1.71 bits per heavy atom. The van der Waals surface area contributed by atoms with Gasteiger partial charge in [0.05, 0.1) is 18.1 Å². The fourth-order valence-electron chi connectivity index (χ4n) is 3.48. The fourth-order valence-corrected chi connectivity index (χ4v) is 3.48. The number of benzene rings is 1. The first-order valence-electron chi connectivity index (χ1n) is 10.8. The number of hydrogen-bond donors (Lipinski definition) is 0. The van der Waals surface area contributed by atoms with Gasteiger partial charge in [0, 0.05) is 6.42 Å². The maximum Gasteiger partial charge on any atom is 0.416 e. The number of carbonyl (C=O) groups excluding carboxylic acids is 2. The number of rotatable bonds is 10. The maximum atomic E-state index is 13.7. The average molecular weight is 445 g/mol. The van der Waals surface area contributed by atoms with Crippen LogP contribution in [0.4, 0.5) is 13.2 Å². The van der Waals surface area contributed by atoms with Crippen molar-refractivity contribution in [1.82, 2.24) is 0 Å². The highest BCUT2D eigenvalue weighted by molar-refractivity contribution is 5.71. The molecule has 0 radical (unpaired) electrons. The Balaban J connectivity index is 2.97. The SMILES string of the molecule is CCOC(=O)C(C)CCCc1c([C@@H](C)CCC(=O)OC(C)(C)C)cccc1C(F)(F)F. The Morgan fingerprint density at radius 3 is 2.26 bits per heavy atom. The lowest BCUT2D eigenvalue weighted by Crippen LogP contribution is -2.24. The summed E-state index contributed by atoms with van der Waals surface area (Å²) in [7, 11) is 0. The van der Waals surface area contributed by atoms with Gasteiger partial charge in [0.2, 0.25) is 0 Å². The number of hydrogen-bond acceptors (Lipinski definition) is 4. The summed E-state index contributed by atoms with van der Waals surface area (Å²) in [5.74, 6) is -1.31. The van der Waals surface area contributed by atoms with Gasteiger partial charge < -0.3 is 9.47 Å². The zero-order valence-corrected chi connectivity index (χ0v) is 19.4. The van der Waals surface area contributed by atoms with Gasteiger partial charge in [-0.1, -0.05) is 26.0 Å². The van der Waals surface area contributed by atoms with Crippen molar-refractivity contribution in [1.29, 1.82) is 0 Å². The number of halogens is 3. The smallest absolute Gasteiger partial charge is 0.416 e. The lowest BCUT2D eigenvalue weighted by Gasteiger charge is -2.23. The molecule has 0 fully saturated rings. The van der Waals surface area contributed by atoms with E-state index in [4.69, 9.17) is 9.47 Å². The van der Waals surface area contributed by atoms with Crippen molar-refractivity contribution in [3.8, 4) is 0 Å². The molecule has 1 rings (SSSR count). The summed E-state index contributed by atoms with van der Waals surface area (Å²) in [6.45, 7) is 10.9. The van der Waals surface area contributed by atoms with Gasteiger partial charge in [0.15, 0.2) is 0 Å². The quantitative estimate of drug-likeness (QED) is 0.389. The molecule has 0 aromatic heterocycles. The van der Waals surface area contributed by atoms with E-state index in [1.807, 2.05) is 6.92 Å². The minimum atomic E-state index is -4.47. The van der Waals surface area contributed by atoms with E-state index in [0.717, 1.165) is 6.07 Å². The lowest BCUT2D eigenvalue weighted by molar-refractivity contribution is -0.155. The van der Waals surface area contributed by atoms with E-state index in [1.54, 1.807) is 40.7 Å². The van der Waals surface area contributed by atoms with Gasteiger partial charge in [-0.2, -0.15) is 13.2 Å². The minimum absolute atomic E-state index is 0.133. The molecule has 0 aliphatic carbocycles. The molecule has 0 N–H and O–H groups in total. The normalized spacial score (nSPS) is 14.1. The predicted molar refractivity (Wildman–Crippen MR) is 114 cm³/mol. The van der Waals surface area contributed by atoms with E-state index in [9.17, 15) is 22.8 Å². The first-order valence-corrected chi connectivity index (χ1v) is 10.8. The van der Waals surface area contributed by atoms with Crippen LogP contribution in [0.5, 0.6) is 0 Å². The van der Waals surface area contributed by atoms with Crippen molar-refractivity contribution in [3.63, 3.8) is 0 Å². The van der Waals surface area contributed by atoms with Crippen LogP contribution >= 0.6 is 0 Å². The minimum Gasteiger partial charge on any atom is -0.466 e. The van der Waals surface area contributed by atoms with Crippen molar-refractivity contribution in [2.24, 2.45) is 5.92 Å². The molecule has 2 atom stereocenters. The molecular formula is C24H35F3O4. The van der Waals surface area contributed by atoms with Gasteiger partial charge in [-0.3, -0.25) is 9.59 Å². The standard InChI is InChI=1S/C24H35F3O4/c1-7-30-22(29)17(3)10-8-12-19-18(11-9-13-20(19)24(25,26)27)16(2)14-15-21(28)31-23(4,5)6/h9,11,13,16-17H,7-8,10,12,14-15H2,1-6H3/t16-,17?/m0/s1. The van der Waals surface area contributed by atoms with Crippen LogP contribution in [-0.2, 0) is 31.7 Å². The summed E-state index contributed by atoms with van der Waals surface area (Å²) in [6, 6.07) is 4.19. The van der Waals surface area contributed by atoms with E-state index in [-0.39, 0.29) is 48.8 Å². The van der Waals surface area contributed by atoms with Crippen LogP contribution in [0.3, 0.4) is 0 Å². The summed E-state index contributed by atoms with van der Waals surface area (Å²) >= 11 is 0. The van der Waals surface area contributed by atoms with Crippen LogP contribution in [0.25, 0.3) is 0 Å². The van der Waals surface area contributed by atoms with E-state index in [2.05, 4.69) is 0 Å². The topological polar surface area (TPSA) is 52.6 Å². The molecule has 176 valence electrons. The highest BCUT2D eigenvalue weighted by Gasteiger charge is 2.34. The molecule has 0 spiro atoms. The Bertz CT molecular complexity index is 735. The fraction of sp³-hybridized carbons (Fsp3) is 0.667. The number of ether oxygens (including phenoxy) is 2. The molecule has 0 saturated carbocycles. The summed E-state index contributed by atoms with van der Waals surface area (Å²) < 4.78 is 51.2. The third-order valence-electron chi connectivity index (χ3n) is 5.00. The molecule has 1 aromatic rings. The molecule has 0 bridgehead atoms. The Hall–Kier alpha value is -2.05. The van der Waals surface area contributed by atoms with Gasteiger partial charge in [-0.25, -0.2) is 0 Å². The Labute approximate surface area is 183 Å². The van der Waals surface area contributed by atoms with Gasteiger partial charge in [0.25, 0.3) is 0 Å². The van der Waals surface area contributed by atoms with Crippen molar-refractivity contribution in [3.05, 3.63) is 34.9 Å². The number of esters is 2. The van der Waals surface area contributed by atoms with Crippen LogP contribution in [0, 0.1) is 5.92 Å². The van der Waals surface area contributed by atoms with E-state index >= 15 is 0 Å². The van der Waals surface area contributed by atoms with E-state index < -0.39 is 17.3 Å². The largest absolute Gasteiger partial charge is 0.466 e. The van der Waals surface area contributed by atoms with Crippen molar-refractivity contribution in [2.45, 2.75) is 91.3 Å². The van der Waals surface area contributed by atoms with Crippen LogP contribution in [0.2, 0.25) is 0 Å². The van der Waals surface area contributed by atoms with Crippen LogP contribution in [-0.4, -0.2) is 24.1 Å². The van der Waals surface area contributed by atoms with Crippen molar-refractivity contribution < 1.29 is 32.2 Å². The summed E-state index contributed by atoms with van der Waals surface area (Å²) in [5.41, 5.74) is -0.431. The van der Waals surface area contributed by atoms with Gasteiger partial charge in [-0.05, 0) is 76.5 Å². The molecule has 0 aliphatic rings. The zero-order chi connectivity index (χ0) is 23.8. The molecule has 31 heavy (non-hydrogen) atoms. The molecule has 0 heterocycles. The van der Waals surface area contributed by atoms with Crippen molar-refractivity contribution in [2.75, 3.05) is 6.61 Å². The second-order valence-corrected chi connectivity index (χ2v) is 8.94. The number of alkyl halides is 3. The molecule has 4 nitrogen and oxygen atoms in total. The lowest BCUT2D eigenvalue weighted by atomic mass is 9.86. The molecule has 0 aliphatic heterocycles. The zero-order valence-electron chi connectivity index (χ0n) is 19.4. The van der Waals surface area contributed by atoms with E-state index in [1.165, 1.54) is 6.07 Å². The number of carbonyl (C=O) groups is 2. The molecular weight excluding hydrogens is 409 g/mol. The predicted octanol–water partition coefficient (Wildman–Crippen LogP) is 6.45. The van der Waals surface area contributed by atoms with Crippen molar-refractivity contribution >= 4 is 11.9 Å². The highest BCUT2D eigenvalue weighted by atomic mass is 19.4. The second-order valence-electron chi connectivity index (χ2n) is 8.94. The Kier molecular flexibility index (Phi) is 10.0. The first-order chi connectivity index (χ1) is 14.3. The second kappa shape index (κ2) is 11.5. The summed E-state index contributed by atoms with van der Waals surface area (Å²) in [4.78, 5) is 23.8. The van der Waals surface area contributed by atoms with Crippen LogP contribution in [0.15, 0.2) is 18.2 Å². The molecule has 0 amide bonds. The van der Waals surface area contributed by atoms with Gasteiger partial charge in [-0.15, -0.1) is 0 Å². The third-order valence-corrected chi connectivity index (χ3v) is 5.00.